The van der Waals surface area contributed by atoms with Gasteiger partial charge in [0.05, 0.1) is 6.04 Å². The Morgan fingerprint density at radius 2 is 1.37 bits per heavy atom. The predicted molar refractivity (Wildman–Crippen MR) is 80.9 cm³/mol. The molecule has 0 heterocycles. The first-order chi connectivity index (χ1) is 8.70. The van der Waals surface area contributed by atoms with Gasteiger partial charge >= 0.3 is 0 Å². The Kier molecular flexibility index (Phi) is 5.74. The van der Waals surface area contributed by atoms with Gasteiger partial charge in [-0.15, -0.1) is 12.4 Å². The number of ketones is 1. The van der Waals surface area contributed by atoms with Crippen molar-refractivity contribution in [3.63, 3.8) is 0 Å². The number of nitrogens with zero attached hydrogens (tertiary/aromatic N) is 1. The van der Waals surface area contributed by atoms with Crippen molar-refractivity contribution in [3.05, 3.63) is 71.8 Å². The third-order valence-corrected chi connectivity index (χ3v) is 2.94. The van der Waals surface area contributed by atoms with E-state index in [0.29, 0.717) is 0 Å². The highest BCUT2D eigenvalue weighted by Gasteiger charge is 2.23. The minimum absolute atomic E-state index is 0. The highest BCUT2D eigenvalue weighted by atomic mass is 35.5. The molecule has 2 rings (SSSR count). The van der Waals surface area contributed by atoms with Gasteiger partial charge in [0.25, 0.3) is 0 Å². The quantitative estimate of drug-likeness (QED) is 0.795. The van der Waals surface area contributed by atoms with Gasteiger partial charge in [0.15, 0.2) is 5.78 Å². The van der Waals surface area contributed by atoms with E-state index in [4.69, 9.17) is 0 Å². The van der Waals surface area contributed by atoms with Crippen molar-refractivity contribution in [2.24, 2.45) is 0 Å². The van der Waals surface area contributed by atoms with Crippen LogP contribution < -0.4 is 0 Å². The SMILES string of the molecule is CN(C)C(C(=O)c1ccccc1)c1ccccc1.Cl. The van der Waals surface area contributed by atoms with Crippen LogP contribution in [-0.2, 0) is 0 Å². The van der Waals surface area contributed by atoms with E-state index in [1.54, 1.807) is 0 Å². The van der Waals surface area contributed by atoms with E-state index in [2.05, 4.69) is 0 Å². The molecule has 0 amide bonds. The monoisotopic (exact) mass is 275 g/mol. The first kappa shape index (κ1) is 15.4. The third kappa shape index (κ3) is 3.66. The number of carbonyl (C=O) groups excluding carboxylic acids is 1. The van der Waals surface area contributed by atoms with Crippen LogP contribution in [0.2, 0.25) is 0 Å². The first-order valence-electron chi connectivity index (χ1n) is 6.01. The van der Waals surface area contributed by atoms with Gasteiger partial charge in [0.2, 0.25) is 0 Å². The Balaban J connectivity index is 0.00000180. The summed E-state index contributed by atoms with van der Waals surface area (Å²) < 4.78 is 0. The zero-order chi connectivity index (χ0) is 13.0. The van der Waals surface area contributed by atoms with Crippen molar-refractivity contribution < 1.29 is 4.79 Å². The average Bonchev–Trinajstić information content (AvgIpc) is 2.40. The third-order valence-electron chi connectivity index (χ3n) is 2.94. The second-order valence-corrected chi connectivity index (χ2v) is 4.51. The van der Waals surface area contributed by atoms with Crippen LogP contribution in [-0.4, -0.2) is 24.8 Å². The van der Waals surface area contributed by atoms with Gasteiger partial charge in [-0.1, -0.05) is 60.7 Å². The molecule has 0 fully saturated rings. The summed E-state index contributed by atoms with van der Waals surface area (Å²) in [4.78, 5) is 14.5. The summed E-state index contributed by atoms with van der Waals surface area (Å²) in [5, 5.41) is 0. The van der Waals surface area contributed by atoms with Crippen molar-refractivity contribution in [1.29, 1.82) is 0 Å². The maximum atomic E-state index is 12.5. The van der Waals surface area contributed by atoms with Crippen molar-refractivity contribution in [2.75, 3.05) is 14.1 Å². The van der Waals surface area contributed by atoms with Crippen LogP contribution in [0, 0.1) is 0 Å². The van der Waals surface area contributed by atoms with Crippen LogP contribution in [0.1, 0.15) is 22.0 Å². The predicted octanol–water partition coefficient (Wildman–Crippen LogP) is 3.59. The fourth-order valence-corrected chi connectivity index (χ4v) is 2.08. The maximum Gasteiger partial charge on any atom is 0.184 e. The molecule has 0 radical (unpaired) electrons. The van der Waals surface area contributed by atoms with Gasteiger partial charge in [-0.25, -0.2) is 0 Å². The van der Waals surface area contributed by atoms with E-state index >= 15 is 0 Å². The maximum absolute atomic E-state index is 12.5. The second kappa shape index (κ2) is 7.07. The minimum atomic E-state index is -0.228. The van der Waals surface area contributed by atoms with Crippen molar-refractivity contribution >= 4 is 18.2 Å². The summed E-state index contributed by atoms with van der Waals surface area (Å²) in [6.07, 6.45) is 0. The molecule has 0 N–H and O–H groups in total. The van der Waals surface area contributed by atoms with Gasteiger partial charge in [0, 0.05) is 5.56 Å². The molecule has 100 valence electrons. The molecule has 0 aromatic heterocycles. The molecule has 0 aliphatic carbocycles. The van der Waals surface area contributed by atoms with Crippen LogP contribution in [0.5, 0.6) is 0 Å². The number of benzene rings is 2. The molecule has 2 aromatic carbocycles. The number of hydrogen-bond donors (Lipinski definition) is 0. The summed E-state index contributed by atoms with van der Waals surface area (Å²) >= 11 is 0. The molecule has 0 bridgehead atoms. The zero-order valence-corrected chi connectivity index (χ0v) is 11.9. The molecule has 0 saturated carbocycles. The molecule has 2 nitrogen and oxygen atoms in total. The topological polar surface area (TPSA) is 20.3 Å². The van der Waals surface area contributed by atoms with Gasteiger partial charge in [0.1, 0.15) is 0 Å². The lowest BCUT2D eigenvalue weighted by atomic mass is 9.97. The van der Waals surface area contributed by atoms with E-state index in [1.807, 2.05) is 79.7 Å². The number of rotatable bonds is 4. The van der Waals surface area contributed by atoms with Crippen molar-refractivity contribution in [2.45, 2.75) is 6.04 Å². The summed E-state index contributed by atoms with van der Waals surface area (Å²) in [6, 6.07) is 19.1. The molecule has 0 saturated heterocycles. The molecule has 0 spiro atoms. The summed E-state index contributed by atoms with van der Waals surface area (Å²) in [5.41, 5.74) is 1.77. The number of Topliss-reactive ketones (excluding diaryl/α,β-unsaturated/α-hetero) is 1. The summed E-state index contributed by atoms with van der Waals surface area (Å²) in [7, 11) is 3.86. The standard InChI is InChI=1S/C16H17NO.ClH/c1-17(2)15(13-9-5-3-6-10-13)16(18)14-11-7-4-8-12-14;/h3-12,15H,1-2H3;1H. The van der Waals surface area contributed by atoms with Gasteiger partial charge in [-0.05, 0) is 19.7 Å². The lowest BCUT2D eigenvalue weighted by Crippen LogP contribution is -2.27. The molecule has 3 heteroatoms. The normalized spacial score (nSPS) is 11.7. The fraction of sp³-hybridized carbons (Fsp3) is 0.188. The summed E-state index contributed by atoms with van der Waals surface area (Å²) in [5.74, 6) is 0.131. The number of carbonyl (C=O) groups is 1. The van der Waals surface area contributed by atoms with Crippen LogP contribution in [0.3, 0.4) is 0 Å². The Morgan fingerprint density at radius 3 is 1.84 bits per heavy atom. The molecule has 19 heavy (non-hydrogen) atoms. The number of halogens is 1. The van der Waals surface area contributed by atoms with E-state index in [1.165, 1.54) is 0 Å². The zero-order valence-electron chi connectivity index (χ0n) is 11.1. The second-order valence-electron chi connectivity index (χ2n) is 4.51. The van der Waals surface area contributed by atoms with E-state index in [-0.39, 0.29) is 24.2 Å². The Labute approximate surface area is 120 Å². The minimum Gasteiger partial charge on any atom is -0.296 e. The van der Waals surface area contributed by atoms with Gasteiger partial charge in [-0.3, -0.25) is 9.69 Å². The van der Waals surface area contributed by atoms with E-state index < -0.39 is 0 Å². The van der Waals surface area contributed by atoms with Crippen molar-refractivity contribution in [3.8, 4) is 0 Å². The molecule has 1 atom stereocenters. The van der Waals surface area contributed by atoms with Crippen LogP contribution >= 0.6 is 12.4 Å². The Morgan fingerprint density at radius 1 is 0.895 bits per heavy atom. The molecule has 0 aliphatic rings. The average molecular weight is 276 g/mol. The lowest BCUT2D eigenvalue weighted by molar-refractivity contribution is 0.0875. The highest BCUT2D eigenvalue weighted by Crippen LogP contribution is 2.22. The number of likely N-dealkylation sites (N-methyl/N-ethyl adjacent to an activating group) is 1. The number of hydrogen-bond acceptors (Lipinski definition) is 2. The fourth-order valence-electron chi connectivity index (χ4n) is 2.08. The summed E-state index contributed by atoms with van der Waals surface area (Å²) in [6.45, 7) is 0. The molecule has 0 aliphatic heterocycles. The van der Waals surface area contributed by atoms with Gasteiger partial charge in [-0.2, -0.15) is 0 Å². The highest BCUT2D eigenvalue weighted by molar-refractivity contribution is 6.00. The lowest BCUT2D eigenvalue weighted by Gasteiger charge is -2.23. The molecular formula is C16H18ClNO. The molecule has 1 unspecified atom stereocenters. The van der Waals surface area contributed by atoms with Gasteiger partial charge < -0.3 is 0 Å². The largest absolute Gasteiger partial charge is 0.296 e. The molecule has 2 aromatic rings. The molecular weight excluding hydrogens is 258 g/mol. The van der Waals surface area contributed by atoms with Crippen LogP contribution in [0.4, 0.5) is 0 Å². The Hall–Kier alpha value is -1.64. The van der Waals surface area contributed by atoms with E-state index in [9.17, 15) is 4.79 Å². The van der Waals surface area contributed by atoms with Crippen molar-refractivity contribution in [1.82, 2.24) is 4.90 Å². The smallest absolute Gasteiger partial charge is 0.184 e. The van der Waals surface area contributed by atoms with Crippen LogP contribution in [0.15, 0.2) is 60.7 Å². The van der Waals surface area contributed by atoms with Crippen LogP contribution in [0.25, 0.3) is 0 Å². The first-order valence-corrected chi connectivity index (χ1v) is 6.01. The Bertz CT molecular complexity index is 511. The van der Waals surface area contributed by atoms with E-state index in [0.717, 1.165) is 11.1 Å².